The number of hydrogen-bond acceptors (Lipinski definition) is 3. The second-order valence-corrected chi connectivity index (χ2v) is 9.55. The molecule has 28 heavy (non-hydrogen) atoms. The highest BCUT2D eigenvalue weighted by molar-refractivity contribution is 5.75. The summed E-state index contributed by atoms with van der Waals surface area (Å²) in [7, 11) is 0. The van der Waals surface area contributed by atoms with Crippen LogP contribution in [0.1, 0.15) is 64.9 Å². The van der Waals surface area contributed by atoms with Crippen LogP contribution < -0.4 is 0 Å². The molecule has 6 heteroatoms. The molecular weight excluding hydrogens is 361 g/mol. The Hall–Kier alpha value is -2.11. The topological polar surface area (TPSA) is 66.8 Å². The first-order valence-corrected chi connectivity index (χ1v) is 9.98. The van der Waals surface area contributed by atoms with Gasteiger partial charge in [0.2, 0.25) is 0 Å². The molecule has 0 atom stereocenters. The quantitative estimate of drug-likeness (QED) is 0.768. The van der Waals surface area contributed by atoms with Crippen LogP contribution in [0.25, 0.3) is 0 Å². The van der Waals surface area contributed by atoms with Gasteiger partial charge in [-0.25, -0.2) is 9.18 Å². The number of carboxylic acids is 1. The molecule has 0 heterocycles. The van der Waals surface area contributed by atoms with E-state index in [-0.39, 0.29) is 17.8 Å². The standard InChI is InChI=1S/C22H30FNO4/c1-20(2,3)28-19(27)24(14-16-5-4-6-17(23)13-16)15-21-7-10-22(11-8-21,12-9-21)18(25)26/h4-6,13H,7-12,14-15H2,1-3H3,(H,25,26). The van der Waals surface area contributed by atoms with E-state index in [4.69, 9.17) is 4.74 Å². The normalized spacial score (nSPS) is 26.7. The van der Waals surface area contributed by atoms with Crippen LogP contribution in [0.5, 0.6) is 0 Å². The summed E-state index contributed by atoms with van der Waals surface area (Å²) < 4.78 is 19.2. The van der Waals surface area contributed by atoms with Gasteiger partial charge in [-0.15, -0.1) is 0 Å². The van der Waals surface area contributed by atoms with Crippen LogP contribution in [-0.2, 0) is 16.1 Å². The van der Waals surface area contributed by atoms with Crippen LogP contribution in [0.2, 0.25) is 0 Å². The molecule has 3 aliphatic carbocycles. The molecule has 0 aliphatic heterocycles. The number of carbonyl (C=O) groups excluding carboxylic acids is 1. The fourth-order valence-corrected chi connectivity index (χ4v) is 4.59. The van der Waals surface area contributed by atoms with Gasteiger partial charge in [-0.05, 0) is 82.4 Å². The Balaban J connectivity index is 1.78. The van der Waals surface area contributed by atoms with Gasteiger partial charge in [-0.2, -0.15) is 0 Å². The number of rotatable bonds is 5. The maximum Gasteiger partial charge on any atom is 0.410 e. The number of fused-ring (bicyclic) bond motifs is 3. The Kier molecular flexibility index (Phi) is 5.43. The molecule has 1 amide bonds. The maximum atomic E-state index is 13.6. The molecule has 0 unspecified atom stereocenters. The molecule has 4 rings (SSSR count). The van der Waals surface area contributed by atoms with Gasteiger partial charge in [0.05, 0.1) is 5.41 Å². The first-order chi connectivity index (χ1) is 13.0. The van der Waals surface area contributed by atoms with Crippen LogP contribution in [0, 0.1) is 16.6 Å². The van der Waals surface area contributed by atoms with Crippen molar-refractivity contribution in [3.05, 3.63) is 35.6 Å². The van der Waals surface area contributed by atoms with Crippen molar-refractivity contribution < 1.29 is 23.8 Å². The van der Waals surface area contributed by atoms with Crippen molar-refractivity contribution in [3.8, 4) is 0 Å². The lowest BCUT2D eigenvalue weighted by atomic mass is 9.53. The van der Waals surface area contributed by atoms with Crippen LogP contribution >= 0.6 is 0 Å². The molecule has 0 saturated heterocycles. The van der Waals surface area contributed by atoms with Crippen LogP contribution in [0.15, 0.2) is 24.3 Å². The summed E-state index contributed by atoms with van der Waals surface area (Å²) in [5.41, 5.74) is -0.566. The molecule has 154 valence electrons. The minimum absolute atomic E-state index is 0.0819. The van der Waals surface area contributed by atoms with Crippen molar-refractivity contribution in [2.24, 2.45) is 10.8 Å². The highest BCUT2D eigenvalue weighted by Gasteiger charge is 2.53. The Morgan fingerprint density at radius 2 is 1.75 bits per heavy atom. The number of nitrogens with zero attached hydrogens (tertiary/aromatic N) is 1. The van der Waals surface area contributed by atoms with Crippen LogP contribution in [0.4, 0.5) is 9.18 Å². The predicted molar refractivity (Wildman–Crippen MR) is 103 cm³/mol. The number of carbonyl (C=O) groups is 2. The molecule has 3 aliphatic rings. The molecule has 0 aromatic heterocycles. The number of amides is 1. The summed E-state index contributed by atoms with van der Waals surface area (Å²) in [6, 6.07) is 6.26. The lowest BCUT2D eigenvalue weighted by Gasteiger charge is -2.52. The van der Waals surface area contributed by atoms with E-state index in [1.165, 1.54) is 12.1 Å². The molecule has 1 aromatic rings. The second kappa shape index (κ2) is 7.37. The smallest absolute Gasteiger partial charge is 0.410 e. The summed E-state index contributed by atoms with van der Waals surface area (Å²) in [4.78, 5) is 26.2. The first kappa shape index (κ1) is 20.6. The van der Waals surface area contributed by atoms with E-state index in [0.29, 0.717) is 31.4 Å². The van der Waals surface area contributed by atoms with Gasteiger partial charge in [-0.3, -0.25) is 4.79 Å². The molecule has 1 N–H and O–H groups in total. The zero-order valence-electron chi connectivity index (χ0n) is 17.0. The molecule has 0 spiro atoms. The summed E-state index contributed by atoms with van der Waals surface area (Å²) in [5, 5.41) is 9.60. The van der Waals surface area contributed by atoms with Crippen molar-refractivity contribution >= 4 is 12.1 Å². The van der Waals surface area contributed by atoms with Crippen LogP contribution in [0.3, 0.4) is 0 Å². The molecular formula is C22H30FNO4. The number of hydrogen-bond donors (Lipinski definition) is 1. The Morgan fingerprint density at radius 3 is 2.25 bits per heavy atom. The fraction of sp³-hybridized carbons (Fsp3) is 0.636. The number of aliphatic carboxylic acids is 1. The van der Waals surface area contributed by atoms with E-state index in [9.17, 15) is 19.1 Å². The molecule has 0 radical (unpaired) electrons. The SMILES string of the molecule is CC(C)(C)OC(=O)N(Cc1cccc(F)c1)CC12CCC(C(=O)O)(CC1)CC2. The van der Waals surface area contributed by atoms with Gasteiger partial charge in [0.15, 0.2) is 0 Å². The summed E-state index contributed by atoms with van der Waals surface area (Å²) in [5.74, 6) is -1.02. The van der Waals surface area contributed by atoms with E-state index >= 15 is 0 Å². The largest absolute Gasteiger partial charge is 0.481 e. The number of ether oxygens (including phenoxy) is 1. The lowest BCUT2D eigenvalue weighted by molar-refractivity contribution is -0.159. The van der Waals surface area contributed by atoms with E-state index in [0.717, 1.165) is 19.3 Å². The minimum atomic E-state index is -0.690. The third kappa shape index (κ3) is 4.47. The number of benzene rings is 1. The van der Waals surface area contributed by atoms with E-state index < -0.39 is 23.1 Å². The first-order valence-electron chi connectivity index (χ1n) is 9.98. The third-order valence-corrected chi connectivity index (χ3v) is 6.30. The zero-order valence-corrected chi connectivity index (χ0v) is 17.0. The highest BCUT2D eigenvalue weighted by Crippen LogP contribution is 2.57. The predicted octanol–water partition coefficient (Wildman–Crippen LogP) is 4.99. The van der Waals surface area contributed by atoms with Crippen LogP contribution in [-0.4, -0.2) is 34.2 Å². The monoisotopic (exact) mass is 391 g/mol. The molecule has 3 fully saturated rings. The van der Waals surface area contributed by atoms with Crippen molar-refractivity contribution in [3.63, 3.8) is 0 Å². The molecule has 5 nitrogen and oxygen atoms in total. The summed E-state index contributed by atoms with van der Waals surface area (Å²) in [6.45, 7) is 6.26. The summed E-state index contributed by atoms with van der Waals surface area (Å²) in [6.07, 6.45) is 3.94. The average molecular weight is 391 g/mol. The van der Waals surface area contributed by atoms with E-state index in [1.54, 1.807) is 17.0 Å². The Bertz CT molecular complexity index is 731. The lowest BCUT2D eigenvalue weighted by Crippen LogP contribution is -2.51. The van der Waals surface area contributed by atoms with Gasteiger partial charge in [0.1, 0.15) is 11.4 Å². The maximum absolute atomic E-state index is 13.6. The van der Waals surface area contributed by atoms with Crippen molar-refractivity contribution in [1.29, 1.82) is 0 Å². The molecule has 2 bridgehead atoms. The molecule has 3 saturated carbocycles. The zero-order chi connectivity index (χ0) is 20.6. The molecule has 1 aromatic carbocycles. The second-order valence-electron chi connectivity index (χ2n) is 9.55. The summed E-state index contributed by atoms with van der Waals surface area (Å²) >= 11 is 0. The number of carboxylic acid groups (broad SMARTS) is 1. The fourth-order valence-electron chi connectivity index (χ4n) is 4.59. The third-order valence-electron chi connectivity index (χ3n) is 6.30. The van der Waals surface area contributed by atoms with Crippen molar-refractivity contribution in [2.75, 3.05) is 6.54 Å². The number of halogens is 1. The minimum Gasteiger partial charge on any atom is -0.481 e. The van der Waals surface area contributed by atoms with E-state index in [2.05, 4.69) is 0 Å². The van der Waals surface area contributed by atoms with Gasteiger partial charge >= 0.3 is 12.1 Å². The van der Waals surface area contributed by atoms with Gasteiger partial charge < -0.3 is 14.7 Å². The Morgan fingerprint density at radius 1 is 1.14 bits per heavy atom. The van der Waals surface area contributed by atoms with Crippen molar-refractivity contribution in [1.82, 2.24) is 4.90 Å². The van der Waals surface area contributed by atoms with E-state index in [1.807, 2.05) is 20.8 Å². The highest BCUT2D eigenvalue weighted by atomic mass is 19.1. The van der Waals surface area contributed by atoms with Crippen molar-refractivity contribution in [2.45, 2.75) is 71.4 Å². The van der Waals surface area contributed by atoms with Gasteiger partial charge in [0, 0.05) is 13.1 Å². The van der Waals surface area contributed by atoms with Gasteiger partial charge in [-0.1, -0.05) is 12.1 Å². The van der Waals surface area contributed by atoms with Gasteiger partial charge in [0.25, 0.3) is 0 Å². The average Bonchev–Trinajstić information content (AvgIpc) is 2.61. The Labute approximate surface area is 165 Å².